The zero-order valence-corrected chi connectivity index (χ0v) is 14.3. The number of hydrogen-bond acceptors (Lipinski definition) is 3. The van der Waals surface area contributed by atoms with E-state index >= 15 is 0 Å². The molecule has 2 N–H and O–H groups in total. The summed E-state index contributed by atoms with van der Waals surface area (Å²) in [6.07, 6.45) is 6.14. The molecule has 1 atom stereocenters. The van der Waals surface area contributed by atoms with Gasteiger partial charge in [-0.15, -0.1) is 0 Å². The van der Waals surface area contributed by atoms with Crippen LogP contribution in [-0.2, 0) is 4.43 Å². The van der Waals surface area contributed by atoms with Crippen molar-refractivity contribution in [2.45, 2.75) is 48.8 Å². The molecule has 2 rings (SSSR count). The number of halogens is 1. The van der Waals surface area contributed by atoms with Gasteiger partial charge in [0.2, 0.25) is 0 Å². The van der Waals surface area contributed by atoms with Gasteiger partial charge in [-0.3, -0.25) is 0 Å². The maximum atomic E-state index is 10.1. The number of nitrogens with one attached hydrogen (secondary N) is 1. The quantitative estimate of drug-likeness (QED) is 0.376. The predicted molar refractivity (Wildman–Crippen MR) is 77.6 cm³/mol. The van der Waals surface area contributed by atoms with Crippen molar-refractivity contribution in [1.29, 1.82) is 0 Å². The van der Waals surface area contributed by atoms with E-state index in [1.165, 1.54) is 37.7 Å². The van der Waals surface area contributed by atoms with Crippen molar-refractivity contribution in [2.24, 2.45) is 0 Å². The summed E-state index contributed by atoms with van der Waals surface area (Å²) in [6.45, 7) is 0. The minimum atomic E-state index is -0.302. The number of benzene rings is 1. The number of aliphatic hydroxyl groups excluding tert-OH is 1. The molecule has 3 nitrogen and oxygen atoms in total. The van der Waals surface area contributed by atoms with E-state index in [9.17, 15) is 5.11 Å². The molecule has 20 heavy (non-hydrogen) atoms. The van der Waals surface area contributed by atoms with Crippen LogP contribution in [0.3, 0.4) is 0 Å². The Hall–Kier alpha value is -0.330. The summed E-state index contributed by atoms with van der Waals surface area (Å²) in [5.41, 5.74) is 1.35. The second-order valence-corrected chi connectivity index (χ2v) is 8.06. The third-order valence-corrected chi connectivity index (χ3v) is 6.57. The monoisotopic (exact) mass is 390 g/mol. The molecule has 1 aromatic rings. The Bertz CT molecular complexity index is 377. The molecule has 0 heterocycles. The molecule has 0 amide bonds. The van der Waals surface area contributed by atoms with Crippen molar-refractivity contribution in [3.05, 3.63) is 29.8 Å². The van der Waals surface area contributed by atoms with E-state index in [1.807, 2.05) is 12.1 Å². The number of hydrogen-bond donors (Lipinski definition) is 2. The number of alkyl halides is 2. The third-order valence-electron chi connectivity index (χ3n) is 3.70. The Labute approximate surface area is 132 Å². The molecule has 1 aliphatic carbocycles. The fraction of sp³-hybridized carbons (Fsp3) is 0.625. The van der Waals surface area contributed by atoms with Gasteiger partial charge in [0.15, 0.2) is 0 Å². The predicted octanol–water partition coefficient (Wildman–Crippen LogP) is -0.475. The van der Waals surface area contributed by atoms with E-state index in [0.29, 0.717) is 6.04 Å². The molecular formula is C16H25INO2-. The van der Waals surface area contributed by atoms with Crippen molar-refractivity contribution in [3.8, 4) is 5.75 Å². The summed E-state index contributed by atoms with van der Waals surface area (Å²) in [4.78, 5) is 0. The topological polar surface area (TPSA) is 41.5 Å². The van der Waals surface area contributed by atoms with Crippen LogP contribution in [-0.4, -0.2) is 28.9 Å². The zero-order valence-electron chi connectivity index (χ0n) is 12.1. The average molecular weight is 390 g/mol. The van der Waals surface area contributed by atoms with E-state index in [1.54, 1.807) is 7.11 Å². The van der Waals surface area contributed by atoms with Crippen LogP contribution in [0.2, 0.25) is 0 Å². The van der Waals surface area contributed by atoms with Crippen molar-refractivity contribution in [2.75, 3.05) is 11.5 Å². The van der Waals surface area contributed by atoms with Crippen LogP contribution in [0.4, 0.5) is 0 Å². The van der Waals surface area contributed by atoms with Gasteiger partial charge < -0.3 is 0 Å². The molecule has 0 saturated heterocycles. The summed E-state index contributed by atoms with van der Waals surface area (Å²) in [6, 6.07) is 8.81. The average Bonchev–Trinajstić information content (AvgIpc) is 2.49. The standard InChI is InChI=1S/C16H25INO2/c1-20-15-9-7-13(8-10-15)11-17-12-16(19)18-14-5-3-2-4-6-14/h7-10,14,16,18-19H,2-6,11-12H2,1H3/q-1. The molecule has 114 valence electrons. The van der Waals surface area contributed by atoms with Crippen LogP contribution in [0.5, 0.6) is 5.75 Å². The molecule has 1 fully saturated rings. The van der Waals surface area contributed by atoms with Gasteiger partial charge in [-0.2, -0.15) is 0 Å². The first-order valence-electron chi connectivity index (χ1n) is 7.38. The summed E-state index contributed by atoms with van der Waals surface area (Å²) >= 11 is 0.00922. The first kappa shape index (κ1) is 16.0. The van der Waals surface area contributed by atoms with Gasteiger partial charge >= 0.3 is 132 Å². The van der Waals surface area contributed by atoms with Crippen LogP contribution in [0, 0.1) is 0 Å². The van der Waals surface area contributed by atoms with Gasteiger partial charge in [0, 0.05) is 0 Å². The molecule has 0 aliphatic heterocycles. The second-order valence-electron chi connectivity index (χ2n) is 5.34. The zero-order chi connectivity index (χ0) is 14.2. The molecule has 4 heteroatoms. The fourth-order valence-corrected chi connectivity index (χ4v) is 4.85. The molecule has 1 unspecified atom stereocenters. The van der Waals surface area contributed by atoms with Gasteiger partial charge in [0.1, 0.15) is 0 Å². The number of aliphatic hydroxyl groups is 1. The Kier molecular flexibility index (Phi) is 7.10. The summed E-state index contributed by atoms with van der Waals surface area (Å²) in [5.74, 6) is 0.908. The summed E-state index contributed by atoms with van der Waals surface area (Å²) in [5, 5.41) is 13.4. The van der Waals surface area contributed by atoms with Crippen LogP contribution in [0.25, 0.3) is 0 Å². The second kappa shape index (κ2) is 8.85. The van der Waals surface area contributed by atoms with Gasteiger partial charge in [0.05, 0.1) is 0 Å². The van der Waals surface area contributed by atoms with E-state index in [-0.39, 0.29) is 27.4 Å². The molecule has 0 aromatic heterocycles. The molecular weight excluding hydrogens is 365 g/mol. The van der Waals surface area contributed by atoms with Gasteiger partial charge in [-0.05, 0) is 0 Å². The van der Waals surface area contributed by atoms with E-state index < -0.39 is 0 Å². The Balaban J connectivity index is 1.63. The summed E-state index contributed by atoms with van der Waals surface area (Å²) < 4.78 is 7.20. The molecule has 0 radical (unpaired) electrons. The number of ether oxygens (including phenoxy) is 1. The van der Waals surface area contributed by atoms with Crippen molar-refractivity contribution < 1.29 is 31.0 Å². The van der Waals surface area contributed by atoms with E-state index in [2.05, 4.69) is 17.4 Å². The Morgan fingerprint density at radius 3 is 2.60 bits per heavy atom. The molecule has 0 bridgehead atoms. The Morgan fingerprint density at radius 2 is 1.95 bits per heavy atom. The molecule has 1 aromatic carbocycles. The van der Waals surface area contributed by atoms with Crippen LogP contribution >= 0.6 is 0 Å². The fourth-order valence-electron chi connectivity index (χ4n) is 2.57. The van der Waals surface area contributed by atoms with Crippen LogP contribution in [0.1, 0.15) is 37.7 Å². The first-order chi connectivity index (χ1) is 9.78. The normalized spacial score (nSPS) is 18.1. The van der Waals surface area contributed by atoms with E-state index in [0.717, 1.165) is 14.6 Å². The maximum absolute atomic E-state index is 10.1. The third kappa shape index (κ3) is 5.58. The van der Waals surface area contributed by atoms with Crippen molar-refractivity contribution in [1.82, 2.24) is 5.32 Å². The summed E-state index contributed by atoms with van der Waals surface area (Å²) in [7, 11) is 1.69. The van der Waals surface area contributed by atoms with Crippen molar-refractivity contribution >= 4 is 0 Å². The van der Waals surface area contributed by atoms with Gasteiger partial charge in [0.25, 0.3) is 0 Å². The van der Waals surface area contributed by atoms with Crippen LogP contribution < -0.4 is 31.3 Å². The molecule has 1 aliphatic rings. The first-order valence-corrected chi connectivity index (χ1v) is 10.4. The van der Waals surface area contributed by atoms with Gasteiger partial charge in [-0.1, -0.05) is 0 Å². The minimum absolute atomic E-state index is 0.00922. The van der Waals surface area contributed by atoms with Crippen molar-refractivity contribution in [3.63, 3.8) is 0 Å². The Morgan fingerprint density at radius 1 is 1.25 bits per heavy atom. The van der Waals surface area contributed by atoms with Gasteiger partial charge in [-0.25, -0.2) is 0 Å². The molecule has 1 saturated carbocycles. The van der Waals surface area contributed by atoms with Crippen LogP contribution in [0.15, 0.2) is 24.3 Å². The van der Waals surface area contributed by atoms with E-state index in [4.69, 9.17) is 4.74 Å². The SMILES string of the molecule is COc1ccc(C[I-]CC(O)NC2CCCCC2)cc1. The number of methoxy groups -OCH3 is 1. The molecule has 0 spiro atoms. The number of rotatable bonds is 7.